The highest BCUT2D eigenvalue weighted by Gasteiger charge is 2.34. The van der Waals surface area contributed by atoms with Crippen molar-refractivity contribution in [2.75, 3.05) is 26.9 Å². The molecule has 10 nitrogen and oxygen atoms in total. The van der Waals surface area contributed by atoms with Gasteiger partial charge in [0.25, 0.3) is 5.91 Å². The van der Waals surface area contributed by atoms with Crippen molar-refractivity contribution >= 4 is 23.9 Å². The monoisotopic (exact) mass is 470 g/mol. The molecule has 2 aromatic rings. The van der Waals surface area contributed by atoms with Crippen molar-refractivity contribution in [3.8, 4) is 11.1 Å². The number of alkyl carbamates (subject to hydrolysis) is 1. The lowest BCUT2D eigenvalue weighted by atomic mass is 9.98. The summed E-state index contributed by atoms with van der Waals surface area (Å²) in [5.41, 5.74) is 4.10. The summed E-state index contributed by atoms with van der Waals surface area (Å²) in [6.45, 7) is 1.13. The van der Waals surface area contributed by atoms with Gasteiger partial charge >= 0.3 is 18.0 Å². The molecule has 180 valence electrons. The SMILES string of the molecule is CCOC(=O)C(NC(=O)OCC1c2ccccc2-c2ccccc21)C(=O)NC(COC)C(=O)O. The summed E-state index contributed by atoms with van der Waals surface area (Å²) in [7, 11) is 1.26. The number of methoxy groups -OCH3 is 1. The Labute approximate surface area is 196 Å². The molecule has 2 amide bonds. The lowest BCUT2D eigenvalue weighted by Gasteiger charge is -2.20. The van der Waals surface area contributed by atoms with Crippen molar-refractivity contribution in [1.29, 1.82) is 0 Å². The predicted octanol–water partition coefficient (Wildman–Crippen LogP) is 1.67. The van der Waals surface area contributed by atoms with Crippen molar-refractivity contribution in [3.63, 3.8) is 0 Å². The maximum Gasteiger partial charge on any atom is 0.408 e. The molecule has 1 aliphatic rings. The van der Waals surface area contributed by atoms with Crippen LogP contribution in [0.1, 0.15) is 24.0 Å². The zero-order valence-electron chi connectivity index (χ0n) is 18.8. The standard InChI is InChI=1S/C24H26N2O8/c1-3-33-23(30)20(21(27)25-19(13-32-2)22(28)29)26-24(31)34-12-18-16-10-6-4-8-14(16)15-9-5-7-11-17(15)18/h4-11,18-20H,3,12-13H2,1-2H3,(H,25,27)(H,26,31)(H,28,29). The second-order valence-electron chi connectivity index (χ2n) is 7.51. The summed E-state index contributed by atoms with van der Waals surface area (Å²) in [5, 5.41) is 13.5. The average molecular weight is 470 g/mol. The topological polar surface area (TPSA) is 140 Å². The molecule has 1 aliphatic carbocycles. The molecule has 2 atom stereocenters. The summed E-state index contributed by atoms with van der Waals surface area (Å²) in [5.74, 6) is -3.68. The van der Waals surface area contributed by atoms with E-state index in [0.717, 1.165) is 22.3 Å². The highest BCUT2D eigenvalue weighted by atomic mass is 16.6. The van der Waals surface area contributed by atoms with Crippen molar-refractivity contribution in [3.05, 3.63) is 59.7 Å². The minimum atomic E-state index is -1.80. The number of fused-ring (bicyclic) bond motifs is 3. The van der Waals surface area contributed by atoms with Gasteiger partial charge < -0.3 is 24.6 Å². The molecule has 0 spiro atoms. The number of carbonyl (C=O) groups excluding carboxylic acids is 3. The molecule has 0 saturated carbocycles. The second-order valence-corrected chi connectivity index (χ2v) is 7.51. The molecular weight excluding hydrogens is 444 g/mol. The first-order valence-corrected chi connectivity index (χ1v) is 10.7. The number of hydrogen-bond donors (Lipinski definition) is 3. The van der Waals surface area contributed by atoms with Crippen LogP contribution in [0.25, 0.3) is 11.1 Å². The van der Waals surface area contributed by atoms with Crippen LogP contribution in [0.2, 0.25) is 0 Å². The van der Waals surface area contributed by atoms with E-state index >= 15 is 0 Å². The molecule has 0 aromatic heterocycles. The number of aliphatic carboxylic acids is 1. The van der Waals surface area contributed by atoms with Crippen molar-refractivity contribution < 1.29 is 38.5 Å². The summed E-state index contributed by atoms with van der Waals surface area (Å²) in [6.07, 6.45) is -1.02. The van der Waals surface area contributed by atoms with E-state index in [4.69, 9.17) is 14.2 Å². The zero-order chi connectivity index (χ0) is 24.7. The molecule has 3 rings (SSSR count). The molecule has 0 bridgehead atoms. The van der Waals surface area contributed by atoms with E-state index in [1.54, 1.807) is 0 Å². The number of benzene rings is 2. The molecule has 2 unspecified atom stereocenters. The first-order chi connectivity index (χ1) is 16.4. The fourth-order valence-electron chi connectivity index (χ4n) is 3.81. The van der Waals surface area contributed by atoms with E-state index in [9.17, 15) is 24.3 Å². The number of amides is 2. The zero-order valence-corrected chi connectivity index (χ0v) is 18.8. The number of carboxylic acids is 1. The second kappa shape index (κ2) is 11.3. The molecule has 3 N–H and O–H groups in total. The molecule has 0 fully saturated rings. The van der Waals surface area contributed by atoms with E-state index < -0.39 is 36.0 Å². The van der Waals surface area contributed by atoms with Crippen LogP contribution in [-0.2, 0) is 28.6 Å². The number of carboxylic acid groups (broad SMARTS) is 1. The minimum Gasteiger partial charge on any atom is -0.480 e. The lowest BCUT2D eigenvalue weighted by Crippen LogP contribution is -2.56. The number of carbonyl (C=O) groups is 4. The van der Waals surface area contributed by atoms with Gasteiger partial charge in [0.05, 0.1) is 13.2 Å². The Hall–Kier alpha value is -3.92. The molecule has 34 heavy (non-hydrogen) atoms. The van der Waals surface area contributed by atoms with Gasteiger partial charge in [0.15, 0.2) is 6.04 Å². The molecule has 2 aromatic carbocycles. The summed E-state index contributed by atoms with van der Waals surface area (Å²) >= 11 is 0. The van der Waals surface area contributed by atoms with Gasteiger partial charge in [-0.1, -0.05) is 48.5 Å². The number of nitrogens with one attached hydrogen (secondary N) is 2. The van der Waals surface area contributed by atoms with E-state index in [1.165, 1.54) is 14.0 Å². The first-order valence-electron chi connectivity index (χ1n) is 10.7. The molecule has 0 saturated heterocycles. The number of ether oxygens (including phenoxy) is 3. The van der Waals surface area contributed by atoms with Crippen molar-refractivity contribution in [1.82, 2.24) is 10.6 Å². The summed E-state index contributed by atoms with van der Waals surface area (Å²) in [4.78, 5) is 48.7. The number of hydrogen-bond acceptors (Lipinski definition) is 7. The Balaban J connectivity index is 1.70. The third-order valence-corrected chi connectivity index (χ3v) is 5.34. The first kappa shape index (κ1) is 24.7. The van der Waals surface area contributed by atoms with Crippen molar-refractivity contribution in [2.24, 2.45) is 0 Å². The van der Waals surface area contributed by atoms with E-state index in [2.05, 4.69) is 10.6 Å². The van der Waals surface area contributed by atoms with Gasteiger partial charge in [-0.05, 0) is 29.2 Å². The van der Waals surface area contributed by atoms with Crippen LogP contribution < -0.4 is 10.6 Å². The quantitative estimate of drug-likeness (QED) is 0.352. The van der Waals surface area contributed by atoms with Crippen LogP contribution in [0.15, 0.2) is 48.5 Å². The van der Waals surface area contributed by atoms with E-state index in [1.807, 2.05) is 48.5 Å². The Morgan fingerprint density at radius 3 is 2.06 bits per heavy atom. The highest BCUT2D eigenvalue weighted by molar-refractivity contribution is 6.05. The van der Waals surface area contributed by atoms with Gasteiger partial charge in [0.1, 0.15) is 6.61 Å². The number of esters is 1. The Bertz CT molecular complexity index is 1020. The summed E-state index contributed by atoms with van der Waals surface area (Å²) < 4.78 is 15.0. The normalized spacial score (nSPS) is 13.7. The third-order valence-electron chi connectivity index (χ3n) is 5.34. The average Bonchev–Trinajstić information content (AvgIpc) is 3.14. The fraction of sp³-hybridized carbons (Fsp3) is 0.333. The Morgan fingerprint density at radius 2 is 1.53 bits per heavy atom. The van der Waals surface area contributed by atoms with Crippen LogP contribution in [0, 0.1) is 0 Å². The van der Waals surface area contributed by atoms with Crippen LogP contribution in [0.4, 0.5) is 4.79 Å². The third kappa shape index (κ3) is 5.52. The van der Waals surface area contributed by atoms with Gasteiger partial charge in [-0.25, -0.2) is 14.4 Å². The lowest BCUT2D eigenvalue weighted by molar-refractivity contribution is -0.151. The van der Waals surface area contributed by atoms with Gasteiger partial charge in [-0.3, -0.25) is 10.1 Å². The maximum atomic E-state index is 12.6. The smallest absolute Gasteiger partial charge is 0.408 e. The van der Waals surface area contributed by atoms with Gasteiger partial charge in [-0.2, -0.15) is 0 Å². The molecular formula is C24H26N2O8. The molecule has 10 heteroatoms. The van der Waals surface area contributed by atoms with E-state index in [-0.39, 0.29) is 25.7 Å². The summed E-state index contributed by atoms with van der Waals surface area (Å²) in [6, 6.07) is 12.4. The van der Waals surface area contributed by atoms with Gasteiger partial charge in [0.2, 0.25) is 6.04 Å². The molecule has 0 heterocycles. The van der Waals surface area contributed by atoms with Crippen LogP contribution >= 0.6 is 0 Å². The van der Waals surface area contributed by atoms with Gasteiger partial charge in [0, 0.05) is 13.0 Å². The van der Waals surface area contributed by atoms with E-state index in [0.29, 0.717) is 0 Å². The number of rotatable bonds is 10. The van der Waals surface area contributed by atoms with Crippen LogP contribution in [-0.4, -0.2) is 68.1 Å². The largest absolute Gasteiger partial charge is 0.480 e. The highest BCUT2D eigenvalue weighted by Crippen LogP contribution is 2.44. The van der Waals surface area contributed by atoms with Crippen molar-refractivity contribution in [2.45, 2.75) is 24.9 Å². The van der Waals surface area contributed by atoms with Crippen LogP contribution in [0.5, 0.6) is 0 Å². The molecule has 0 aliphatic heterocycles. The maximum absolute atomic E-state index is 12.6. The minimum absolute atomic E-state index is 0.0293. The Morgan fingerprint density at radius 1 is 0.941 bits per heavy atom. The predicted molar refractivity (Wildman–Crippen MR) is 120 cm³/mol. The fourth-order valence-corrected chi connectivity index (χ4v) is 3.81. The molecule has 0 radical (unpaired) electrons. The Kier molecular flexibility index (Phi) is 8.20. The van der Waals surface area contributed by atoms with Crippen LogP contribution in [0.3, 0.4) is 0 Å². The van der Waals surface area contributed by atoms with Gasteiger partial charge in [-0.15, -0.1) is 0 Å².